The quantitative estimate of drug-likeness (QED) is 0.340. The van der Waals surface area contributed by atoms with Crippen LogP contribution in [-0.2, 0) is 22.3 Å². The Bertz CT molecular complexity index is 1380. The molecule has 8 heteroatoms. The van der Waals surface area contributed by atoms with Gasteiger partial charge in [-0.25, -0.2) is 4.79 Å². The molecule has 3 amide bonds. The van der Waals surface area contributed by atoms with E-state index in [0.29, 0.717) is 16.6 Å². The summed E-state index contributed by atoms with van der Waals surface area (Å²) in [7, 11) is 5.42. The van der Waals surface area contributed by atoms with E-state index in [2.05, 4.69) is 22.3 Å². The van der Waals surface area contributed by atoms with Crippen LogP contribution in [0.3, 0.4) is 0 Å². The molecule has 0 unspecified atom stereocenters. The Kier molecular flexibility index (Phi) is 8.65. The van der Waals surface area contributed by atoms with Crippen molar-refractivity contribution < 1.29 is 9.59 Å². The van der Waals surface area contributed by atoms with Crippen LogP contribution < -0.4 is 5.32 Å². The molecular formula is C33H38Cl2N4O2. The van der Waals surface area contributed by atoms with Crippen molar-refractivity contribution in [1.29, 1.82) is 0 Å². The number of carbonyl (C=O) groups is 2. The number of benzene rings is 3. The van der Waals surface area contributed by atoms with E-state index < -0.39 is 11.0 Å². The van der Waals surface area contributed by atoms with Crippen LogP contribution in [0.15, 0.2) is 78.9 Å². The third-order valence-electron chi connectivity index (χ3n) is 8.80. The van der Waals surface area contributed by atoms with Crippen molar-refractivity contribution in [2.75, 3.05) is 40.8 Å². The molecule has 0 spiro atoms. The lowest BCUT2D eigenvalue weighted by molar-refractivity contribution is -0.133. The summed E-state index contributed by atoms with van der Waals surface area (Å²) in [6.07, 6.45) is 2.36. The minimum Gasteiger partial charge on any atom is -0.341 e. The lowest BCUT2D eigenvalue weighted by Gasteiger charge is -2.43. The van der Waals surface area contributed by atoms with E-state index in [-0.39, 0.29) is 17.9 Å². The van der Waals surface area contributed by atoms with Crippen LogP contribution in [0.2, 0.25) is 10.0 Å². The summed E-state index contributed by atoms with van der Waals surface area (Å²) in [4.78, 5) is 32.8. The Morgan fingerprint density at radius 1 is 0.878 bits per heavy atom. The van der Waals surface area contributed by atoms with Gasteiger partial charge in [0, 0.05) is 47.3 Å². The first kappa shape index (κ1) is 29.4. The third kappa shape index (κ3) is 6.11. The fourth-order valence-corrected chi connectivity index (χ4v) is 6.62. The highest BCUT2D eigenvalue weighted by atomic mass is 35.5. The monoisotopic (exact) mass is 592 g/mol. The Morgan fingerprint density at radius 3 is 2.12 bits per heavy atom. The molecule has 1 heterocycles. The number of likely N-dealkylation sites (N-methyl/N-ethyl adjacent to an activating group) is 1. The highest BCUT2D eigenvalue weighted by Crippen LogP contribution is 2.56. The maximum atomic E-state index is 14.1. The second-order valence-corrected chi connectivity index (χ2v) is 12.5. The first-order valence-corrected chi connectivity index (χ1v) is 14.9. The summed E-state index contributed by atoms with van der Waals surface area (Å²) in [5.41, 5.74) is 2.10. The molecule has 6 nitrogen and oxygen atoms in total. The molecule has 0 radical (unpaired) electrons. The van der Waals surface area contributed by atoms with Gasteiger partial charge in [0.05, 0.1) is 21.0 Å². The first-order valence-electron chi connectivity index (χ1n) is 14.2. The molecular weight excluding hydrogens is 555 g/mol. The van der Waals surface area contributed by atoms with E-state index >= 15 is 0 Å². The van der Waals surface area contributed by atoms with E-state index in [4.69, 9.17) is 23.2 Å². The Balaban J connectivity index is 1.34. The number of likely N-dealkylation sites (tertiary alicyclic amines) is 1. The molecule has 2 atom stereocenters. The lowest BCUT2D eigenvalue weighted by atomic mass is 9.80. The predicted octanol–water partition coefficient (Wildman–Crippen LogP) is 6.17. The summed E-state index contributed by atoms with van der Waals surface area (Å²) in [6.45, 7) is 3.00. The molecule has 2 aliphatic rings. The minimum atomic E-state index is -0.634. The van der Waals surface area contributed by atoms with Gasteiger partial charge in [-0.2, -0.15) is 0 Å². The highest BCUT2D eigenvalue weighted by Gasteiger charge is 2.62. The Labute approximate surface area is 253 Å². The van der Waals surface area contributed by atoms with Crippen molar-refractivity contribution in [3.8, 4) is 0 Å². The van der Waals surface area contributed by atoms with E-state index in [1.165, 1.54) is 0 Å². The van der Waals surface area contributed by atoms with Crippen molar-refractivity contribution in [2.45, 2.75) is 36.8 Å². The molecule has 216 valence electrons. The van der Waals surface area contributed by atoms with E-state index in [1.54, 1.807) is 25.1 Å². The van der Waals surface area contributed by atoms with Crippen LogP contribution in [0.5, 0.6) is 0 Å². The maximum absolute atomic E-state index is 14.1. The van der Waals surface area contributed by atoms with E-state index in [0.717, 1.165) is 55.6 Å². The normalized spacial score (nSPS) is 21.6. The molecule has 1 N–H and O–H groups in total. The molecule has 1 aliphatic carbocycles. The van der Waals surface area contributed by atoms with Crippen LogP contribution in [0.1, 0.15) is 36.0 Å². The number of nitrogens with one attached hydrogen (secondary N) is 1. The van der Waals surface area contributed by atoms with Gasteiger partial charge >= 0.3 is 6.03 Å². The van der Waals surface area contributed by atoms with Crippen LogP contribution in [-0.4, -0.2) is 67.4 Å². The second kappa shape index (κ2) is 12.0. The number of rotatable bonds is 8. The fourth-order valence-electron chi connectivity index (χ4n) is 6.32. The number of hydrogen-bond acceptors (Lipinski definition) is 3. The van der Waals surface area contributed by atoms with E-state index in [9.17, 15) is 9.59 Å². The van der Waals surface area contributed by atoms with Crippen LogP contribution >= 0.6 is 23.2 Å². The lowest BCUT2D eigenvalue weighted by Crippen LogP contribution is -2.55. The third-order valence-corrected chi connectivity index (χ3v) is 9.54. The minimum absolute atomic E-state index is 0.0878. The first-order chi connectivity index (χ1) is 19.6. The van der Waals surface area contributed by atoms with Gasteiger partial charge in [0.1, 0.15) is 0 Å². The van der Waals surface area contributed by atoms with Gasteiger partial charge in [0.25, 0.3) is 0 Å². The van der Waals surface area contributed by atoms with Crippen molar-refractivity contribution >= 4 is 35.1 Å². The van der Waals surface area contributed by atoms with Crippen molar-refractivity contribution in [2.24, 2.45) is 5.92 Å². The number of piperidine rings is 1. The average molecular weight is 594 g/mol. The van der Waals surface area contributed by atoms with Gasteiger partial charge in [-0.15, -0.1) is 0 Å². The fraction of sp³-hybridized carbons (Fsp3) is 0.394. The number of hydrogen-bond donors (Lipinski definition) is 1. The van der Waals surface area contributed by atoms with Crippen LogP contribution in [0.25, 0.3) is 0 Å². The summed E-state index contributed by atoms with van der Waals surface area (Å²) in [6, 6.07) is 25.8. The summed E-state index contributed by atoms with van der Waals surface area (Å²) in [5, 5.41) is 4.27. The molecule has 2 fully saturated rings. The predicted molar refractivity (Wildman–Crippen MR) is 165 cm³/mol. The largest absolute Gasteiger partial charge is 0.341 e. The second-order valence-electron chi connectivity index (χ2n) is 11.7. The summed E-state index contributed by atoms with van der Waals surface area (Å²) < 4.78 is 0. The van der Waals surface area contributed by atoms with E-state index in [1.807, 2.05) is 72.6 Å². The van der Waals surface area contributed by atoms with Crippen molar-refractivity contribution in [1.82, 2.24) is 20.0 Å². The average Bonchev–Trinajstić information content (AvgIpc) is 3.70. The highest BCUT2D eigenvalue weighted by molar-refractivity contribution is 6.42. The molecule has 3 aromatic rings. The molecule has 5 rings (SSSR count). The van der Waals surface area contributed by atoms with Gasteiger partial charge in [0.2, 0.25) is 5.91 Å². The Morgan fingerprint density at radius 2 is 1.51 bits per heavy atom. The molecule has 0 bridgehead atoms. The van der Waals surface area contributed by atoms with Gasteiger partial charge in [0.15, 0.2) is 0 Å². The van der Waals surface area contributed by atoms with Crippen LogP contribution in [0.4, 0.5) is 4.79 Å². The van der Waals surface area contributed by atoms with Gasteiger partial charge in [-0.3, -0.25) is 4.79 Å². The SMILES string of the molecule is CN(C)C(=O)NC1(c2ccccc2)CCN(C[C@@H]2C[C@@]2(C(=O)N(C)Cc2ccccc2)c2ccc(Cl)c(Cl)c2)CC1. The van der Waals surface area contributed by atoms with Crippen LogP contribution in [0, 0.1) is 5.92 Å². The standard InChI is InChI=1S/C33H38Cl2N4O2/c1-37(2)31(41)36-32(25-12-8-5-9-13-25)16-18-39(19-17-32)23-27-21-33(27,26-14-15-28(34)29(35)20-26)30(40)38(3)22-24-10-6-4-7-11-24/h4-15,20,27H,16-19,21-23H2,1-3H3,(H,36,41)/t27-,33+/m0/s1. The number of halogens is 2. The number of urea groups is 1. The summed E-state index contributed by atoms with van der Waals surface area (Å²) >= 11 is 12.7. The molecule has 0 aromatic heterocycles. The van der Waals surface area contributed by atoms with Crippen molar-refractivity contribution in [3.63, 3.8) is 0 Å². The van der Waals surface area contributed by atoms with Gasteiger partial charge < -0.3 is 20.0 Å². The molecule has 1 aliphatic heterocycles. The maximum Gasteiger partial charge on any atom is 0.317 e. The van der Waals surface area contributed by atoms with Gasteiger partial charge in [-0.1, -0.05) is 89.9 Å². The zero-order valence-electron chi connectivity index (χ0n) is 23.9. The smallest absolute Gasteiger partial charge is 0.317 e. The molecule has 1 saturated carbocycles. The number of nitrogens with zero attached hydrogens (tertiary/aromatic N) is 3. The molecule has 3 aromatic carbocycles. The zero-order chi connectivity index (χ0) is 29.2. The topological polar surface area (TPSA) is 55.9 Å². The Hall–Kier alpha value is -3.06. The van der Waals surface area contributed by atoms with Crippen molar-refractivity contribution in [3.05, 3.63) is 106 Å². The number of carbonyl (C=O) groups excluding carboxylic acids is 2. The number of amides is 3. The molecule has 1 saturated heterocycles. The zero-order valence-corrected chi connectivity index (χ0v) is 25.5. The summed E-state index contributed by atoms with van der Waals surface area (Å²) in [5.74, 6) is 0.268. The van der Waals surface area contributed by atoms with Gasteiger partial charge in [-0.05, 0) is 54.0 Å². The molecule has 41 heavy (non-hydrogen) atoms.